The van der Waals surface area contributed by atoms with Gasteiger partial charge >= 0.3 is 0 Å². The second-order valence-corrected chi connectivity index (χ2v) is 5.53. The molecule has 0 aromatic carbocycles. The topological polar surface area (TPSA) is 12.0 Å². The summed E-state index contributed by atoms with van der Waals surface area (Å²) in [5.41, 5.74) is 1.84. The Morgan fingerprint density at radius 3 is 2.47 bits per heavy atom. The van der Waals surface area contributed by atoms with E-state index in [0.717, 1.165) is 13.0 Å². The molecule has 1 aliphatic carbocycles. The van der Waals surface area contributed by atoms with Crippen LogP contribution in [0, 0.1) is 5.41 Å². The minimum atomic E-state index is 0.522. The third kappa shape index (κ3) is 3.64. The minimum Gasteiger partial charge on any atom is -0.313 e. The number of rotatable bonds is 6. The highest BCUT2D eigenvalue weighted by Crippen LogP contribution is 2.42. The van der Waals surface area contributed by atoms with Crippen LogP contribution in [0.2, 0.25) is 0 Å². The highest BCUT2D eigenvalue weighted by Gasteiger charge is 2.36. The van der Waals surface area contributed by atoms with Crippen molar-refractivity contribution in [1.82, 2.24) is 5.32 Å². The lowest BCUT2D eigenvalue weighted by Crippen LogP contribution is -2.42. The van der Waals surface area contributed by atoms with E-state index in [9.17, 15) is 0 Å². The maximum atomic E-state index is 4.07. The van der Waals surface area contributed by atoms with E-state index < -0.39 is 0 Å². The summed E-state index contributed by atoms with van der Waals surface area (Å²) in [5, 5.41) is 3.72. The first-order valence-electron chi connectivity index (χ1n) is 6.46. The molecule has 1 unspecified atom stereocenters. The molecule has 1 N–H and O–H groups in total. The lowest BCUT2D eigenvalue weighted by atomic mass is 9.78. The molecule has 1 heteroatoms. The Labute approximate surface area is 95.3 Å². The Balaban J connectivity index is 2.57. The largest absolute Gasteiger partial charge is 0.313 e. The van der Waals surface area contributed by atoms with E-state index in [0.29, 0.717) is 11.5 Å². The summed E-state index contributed by atoms with van der Waals surface area (Å²) in [6.45, 7) is 12.1. The smallest absolute Gasteiger partial charge is 0.0158 e. The highest BCUT2D eigenvalue weighted by molar-refractivity contribution is 5.00. The zero-order valence-corrected chi connectivity index (χ0v) is 10.7. The van der Waals surface area contributed by atoms with Gasteiger partial charge in [-0.15, -0.1) is 6.58 Å². The molecule has 0 bridgehead atoms. The molecule has 1 nitrogen and oxygen atoms in total. The van der Waals surface area contributed by atoms with Crippen molar-refractivity contribution >= 4 is 0 Å². The zero-order valence-electron chi connectivity index (χ0n) is 10.7. The second-order valence-electron chi connectivity index (χ2n) is 5.53. The molecule has 1 fully saturated rings. The van der Waals surface area contributed by atoms with E-state index in [2.05, 4.69) is 32.7 Å². The maximum absolute atomic E-state index is 4.07. The lowest BCUT2D eigenvalue weighted by Gasteiger charge is -2.35. The van der Waals surface area contributed by atoms with Crippen LogP contribution < -0.4 is 5.32 Å². The average Bonchev–Trinajstić information content (AvgIpc) is 2.60. The van der Waals surface area contributed by atoms with Crippen LogP contribution in [0.25, 0.3) is 0 Å². The van der Waals surface area contributed by atoms with Gasteiger partial charge in [0.1, 0.15) is 0 Å². The van der Waals surface area contributed by atoms with Crippen molar-refractivity contribution in [2.75, 3.05) is 6.54 Å². The number of nitrogens with one attached hydrogen (secondary N) is 1. The van der Waals surface area contributed by atoms with Crippen LogP contribution in [0.5, 0.6) is 0 Å². The average molecular weight is 209 g/mol. The standard InChI is InChI=1S/C14H27N/c1-5-10-15-13(11-12(2)3)14(4)8-6-7-9-14/h13,15H,2,5-11H2,1,3-4H3. The summed E-state index contributed by atoms with van der Waals surface area (Å²) in [7, 11) is 0. The molecule has 0 spiro atoms. The van der Waals surface area contributed by atoms with Gasteiger partial charge in [0.25, 0.3) is 0 Å². The summed E-state index contributed by atoms with van der Waals surface area (Å²) in [6, 6.07) is 0.650. The van der Waals surface area contributed by atoms with Crippen molar-refractivity contribution in [2.45, 2.75) is 65.3 Å². The molecular weight excluding hydrogens is 182 g/mol. The van der Waals surface area contributed by atoms with Gasteiger partial charge in [0, 0.05) is 6.04 Å². The van der Waals surface area contributed by atoms with Gasteiger partial charge in [0.15, 0.2) is 0 Å². The molecule has 1 aliphatic rings. The van der Waals surface area contributed by atoms with Crippen LogP contribution in [0.4, 0.5) is 0 Å². The van der Waals surface area contributed by atoms with Crippen LogP contribution in [-0.2, 0) is 0 Å². The van der Waals surface area contributed by atoms with Crippen LogP contribution in [0.1, 0.15) is 59.3 Å². The van der Waals surface area contributed by atoms with E-state index >= 15 is 0 Å². The van der Waals surface area contributed by atoms with Gasteiger partial charge in [0.2, 0.25) is 0 Å². The van der Waals surface area contributed by atoms with Crippen molar-refractivity contribution < 1.29 is 0 Å². The number of hydrogen-bond donors (Lipinski definition) is 1. The predicted octanol–water partition coefficient (Wildman–Crippen LogP) is 3.90. The van der Waals surface area contributed by atoms with Gasteiger partial charge in [-0.25, -0.2) is 0 Å². The van der Waals surface area contributed by atoms with Crippen molar-refractivity contribution in [2.24, 2.45) is 5.41 Å². The van der Waals surface area contributed by atoms with Crippen molar-refractivity contribution in [3.8, 4) is 0 Å². The molecule has 0 aliphatic heterocycles. The molecule has 1 saturated carbocycles. The molecule has 0 amide bonds. The molecule has 1 rings (SSSR count). The predicted molar refractivity (Wildman–Crippen MR) is 68.1 cm³/mol. The van der Waals surface area contributed by atoms with Gasteiger partial charge in [-0.2, -0.15) is 0 Å². The van der Waals surface area contributed by atoms with Gasteiger partial charge < -0.3 is 5.32 Å². The Hall–Kier alpha value is -0.300. The van der Waals surface area contributed by atoms with Crippen LogP contribution in [0.3, 0.4) is 0 Å². The Morgan fingerprint density at radius 2 is 2.00 bits per heavy atom. The van der Waals surface area contributed by atoms with E-state index in [4.69, 9.17) is 0 Å². The molecule has 1 atom stereocenters. The molecule has 0 radical (unpaired) electrons. The third-order valence-corrected chi connectivity index (χ3v) is 3.78. The van der Waals surface area contributed by atoms with Crippen molar-refractivity contribution in [1.29, 1.82) is 0 Å². The fraction of sp³-hybridized carbons (Fsp3) is 0.857. The summed E-state index contributed by atoms with van der Waals surface area (Å²) in [4.78, 5) is 0. The first-order valence-corrected chi connectivity index (χ1v) is 6.46. The molecule has 0 aromatic rings. The summed E-state index contributed by atoms with van der Waals surface area (Å²) >= 11 is 0. The molecule has 88 valence electrons. The highest BCUT2D eigenvalue weighted by atomic mass is 14.9. The minimum absolute atomic E-state index is 0.522. The van der Waals surface area contributed by atoms with Gasteiger partial charge in [0.05, 0.1) is 0 Å². The van der Waals surface area contributed by atoms with Crippen LogP contribution in [-0.4, -0.2) is 12.6 Å². The Bertz CT molecular complexity index is 201. The fourth-order valence-corrected chi connectivity index (χ4v) is 2.76. The first-order chi connectivity index (χ1) is 7.08. The van der Waals surface area contributed by atoms with E-state index in [1.165, 1.54) is 37.7 Å². The van der Waals surface area contributed by atoms with Crippen molar-refractivity contribution in [3.05, 3.63) is 12.2 Å². The van der Waals surface area contributed by atoms with Crippen LogP contribution >= 0.6 is 0 Å². The monoisotopic (exact) mass is 209 g/mol. The Kier molecular flexibility index (Phi) is 4.85. The van der Waals surface area contributed by atoms with E-state index in [1.54, 1.807) is 0 Å². The third-order valence-electron chi connectivity index (χ3n) is 3.78. The molecule has 0 heterocycles. The molecule has 15 heavy (non-hydrogen) atoms. The van der Waals surface area contributed by atoms with E-state index in [1.807, 2.05) is 0 Å². The van der Waals surface area contributed by atoms with Gasteiger partial charge in [-0.05, 0) is 44.6 Å². The number of hydrogen-bond acceptors (Lipinski definition) is 1. The summed E-state index contributed by atoms with van der Waals surface area (Å²) in [5.74, 6) is 0. The second kappa shape index (κ2) is 5.69. The fourth-order valence-electron chi connectivity index (χ4n) is 2.76. The normalized spacial score (nSPS) is 21.5. The summed E-state index contributed by atoms with van der Waals surface area (Å²) in [6.07, 6.45) is 7.98. The molecule has 0 saturated heterocycles. The zero-order chi connectivity index (χ0) is 11.3. The van der Waals surface area contributed by atoms with Crippen LogP contribution in [0.15, 0.2) is 12.2 Å². The van der Waals surface area contributed by atoms with E-state index in [-0.39, 0.29) is 0 Å². The molecule has 0 aromatic heterocycles. The SMILES string of the molecule is C=C(C)CC(NCCC)C1(C)CCCC1. The van der Waals surface area contributed by atoms with Crippen molar-refractivity contribution in [3.63, 3.8) is 0 Å². The summed E-state index contributed by atoms with van der Waals surface area (Å²) < 4.78 is 0. The lowest BCUT2D eigenvalue weighted by molar-refractivity contribution is 0.219. The first kappa shape index (κ1) is 12.8. The maximum Gasteiger partial charge on any atom is 0.0158 e. The Morgan fingerprint density at radius 1 is 1.40 bits per heavy atom. The molecular formula is C14H27N. The quantitative estimate of drug-likeness (QED) is 0.654. The van der Waals surface area contributed by atoms with Gasteiger partial charge in [-0.1, -0.05) is 32.3 Å². The van der Waals surface area contributed by atoms with Gasteiger partial charge in [-0.3, -0.25) is 0 Å².